The van der Waals surface area contributed by atoms with Crippen molar-refractivity contribution < 1.29 is 14.3 Å². The Morgan fingerprint density at radius 3 is 2.24 bits per heavy atom. The van der Waals surface area contributed by atoms with Crippen molar-refractivity contribution in [2.24, 2.45) is 0 Å². The van der Waals surface area contributed by atoms with Crippen molar-refractivity contribution in [1.29, 1.82) is 0 Å². The number of hydrogen-bond donors (Lipinski definition) is 3. The highest BCUT2D eigenvalue weighted by Gasteiger charge is 2.51. The molecular formula is C28H33N3O3. The van der Waals surface area contributed by atoms with Crippen molar-refractivity contribution in [3.05, 3.63) is 83.4 Å². The van der Waals surface area contributed by atoms with E-state index in [1.807, 2.05) is 73.7 Å². The lowest BCUT2D eigenvalue weighted by atomic mass is 9.78. The van der Waals surface area contributed by atoms with Gasteiger partial charge in [-0.25, -0.2) is 0 Å². The van der Waals surface area contributed by atoms with Crippen molar-refractivity contribution in [2.45, 2.75) is 38.3 Å². The van der Waals surface area contributed by atoms with Gasteiger partial charge >= 0.3 is 0 Å². The molecular weight excluding hydrogens is 426 g/mol. The standard InChI is InChI=1S/C28H33N3O3/c1-5-6-18-29-27(32)25(20-13-8-7-12-19(20)2)28(30-22-15-9-10-16-23(22)31-28)21-14-11-17-24(33-3)26(21)34-4/h7-17,25,30-31H,5-6,18H2,1-4H3,(H,29,32). The van der Waals surface area contributed by atoms with E-state index in [-0.39, 0.29) is 5.91 Å². The Kier molecular flexibility index (Phi) is 6.96. The van der Waals surface area contributed by atoms with Crippen LogP contribution in [0, 0.1) is 6.92 Å². The van der Waals surface area contributed by atoms with Crippen molar-refractivity contribution in [3.63, 3.8) is 0 Å². The third-order valence-electron chi connectivity index (χ3n) is 6.44. The van der Waals surface area contributed by atoms with E-state index in [2.05, 4.69) is 22.9 Å². The second-order valence-corrected chi connectivity index (χ2v) is 8.58. The molecule has 1 aliphatic heterocycles. The van der Waals surface area contributed by atoms with Gasteiger partial charge < -0.3 is 25.4 Å². The molecule has 34 heavy (non-hydrogen) atoms. The topological polar surface area (TPSA) is 71.6 Å². The molecule has 1 heterocycles. The Balaban J connectivity index is 1.96. The van der Waals surface area contributed by atoms with E-state index in [1.54, 1.807) is 14.2 Å². The van der Waals surface area contributed by atoms with Crippen LogP contribution in [0.15, 0.2) is 66.7 Å². The highest BCUT2D eigenvalue weighted by atomic mass is 16.5. The number of fused-ring (bicyclic) bond motifs is 1. The van der Waals surface area contributed by atoms with Crippen LogP contribution in [0.5, 0.6) is 11.5 Å². The number of rotatable bonds is 9. The summed E-state index contributed by atoms with van der Waals surface area (Å²) in [5.74, 6) is 0.533. The van der Waals surface area contributed by atoms with Gasteiger partial charge in [0.25, 0.3) is 0 Å². The van der Waals surface area contributed by atoms with Gasteiger partial charge in [0.2, 0.25) is 5.91 Å². The van der Waals surface area contributed by atoms with Crippen molar-refractivity contribution >= 4 is 17.3 Å². The lowest BCUT2D eigenvalue weighted by molar-refractivity contribution is -0.123. The minimum Gasteiger partial charge on any atom is -0.493 e. The Bertz CT molecular complexity index is 1140. The minimum atomic E-state index is -1.01. The number of methoxy groups -OCH3 is 2. The number of carbonyl (C=O) groups excluding carboxylic acids is 1. The molecule has 0 saturated carbocycles. The van der Waals surface area contributed by atoms with E-state index < -0.39 is 11.6 Å². The minimum absolute atomic E-state index is 0.0552. The molecule has 0 saturated heterocycles. The maximum absolute atomic E-state index is 14.0. The molecule has 4 rings (SSSR count). The zero-order valence-electron chi connectivity index (χ0n) is 20.3. The number of amides is 1. The predicted molar refractivity (Wildman–Crippen MR) is 137 cm³/mol. The number of ether oxygens (including phenoxy) is 2. The van der Waals surface area contributed by atoms with Crippen LogP contribution in [0.1, 0.15) is 42.4 Å². The number of nitrogens with one attached hydrogen (secondary N) is 3. The molecule has 1 amide bonds. The van der Waals surface area contributed by atoms with Crippen LogP contribution in [0.4, 0.5) is 11.4 Å². The van der Waals surface area contributed by atoms with Crippen LogP contribution >= 0.6 is 0 Å². The molecule has 0 aromatic heterocycles. The van der Waals surface area contributed by atoms with Crippen LogP contribution in [0.3, 0.4) is 0 Å². The number of para-hydroxylation sites is 3. The first-order valence-electron chi connectivity index (χ1n) is 11.8. The Hall–Kier alpha value is -3.67. The molecule has 0 bridgehead atoms. The summed E-state index contributed by atoms with van der Waals surface area (Å²) in [6, 6.07) is 21.8. The molecule has 3 aromatic carbocycles. The number of anilines is 2. The van der Waals surface area contributed by atoms with Gasteiger partial charge in [-0.1, -0.05) is 61.9 Å². The molecule has 1 unspecified atom stereocenters. The highest BCUT2D eigenvalue weighted by Crippen LogP contribution is 2.51. The van der Waals surface area contributed by atoms with E-state index in [1.165, 1.54) is 0 Å². The van der Waals surface area contributed by atoms with Gasteiger partial charge in [0.05, 0.1) is 25.6 Å². The molecule has 0 radical (unpaired) electrons. The summed E-state index contributed by atoms with van der Waals surface area (Å²) in [6.45, 7) is 4.78. The van der Waals surface area contributed by atoms with Gasteiger partial charge in [-0.3, -0.25) is 4.79 Å². The smallest absolute Gasteiger partial charge is 0.232 e. The Morgan fingerprint density at radius 1 is 0.941 bits per heavy atom. The van der Waals surface area contributed by atoms with Gasteiger partial charge in [0, 0.05) is 12.1 Å². The lowest BCUT2D eigenvalue weighted by Crippen LogP contribution is -2.51. The third kappa shape index (κ3) is 4.16. The van der Waals surface area contributed by atoms with E-state index in [0.29, 0.717) is 18.0 Å². The largest absolute Gasteiger partial charge is 0.493 e. The summed E-state index contributed by atoms with van der Waals surface area (Å²) >= 11 is 0. The fourth-order valence-electron chi connectivity index (χ4n) is 4.76. The highest BCUT2D eigenvalue weighted by molar-refractivity contribution is 5.91. The van der Waals surface area contributed by atoms with Gasteiger partial charge in [-0.15, -0.1) is 0 Å². The monoisotopic (exact) mass is 459 g/mol. The first-order chi connectivity index (χ1) is 16.6. The van der Waals surface area contributed by atoms with Crippen molar-refractivity contribution in [3.8, 4) is 11.5 Å². The quantitative estimate of drug-likeness (QED) is 0.374. The molecule has 3 N–H and O–H groups in total. The third-order valence-corrected chi connectivity index (χ3v) is 6.44. The lowest BCUT2D eigenvalue weighted by Gasteiger charge is -2.40. The second-order valence-electron chi connectivity index (χ2n) is 8.58. The van der Waals surface area contributed by atoms with E-state index in [4.69, 9.17) is 9.47 Å². The summed E-state index contributed by atoms with van der Waals surface area (Å²) in [5.41, 5.74) is 3.61. The fraction of sp³-hybridized carbons (Fsp3) is 0.321. The zero-order chi connectivity index (χ0) is 24.1. The number of carbonyl (C=O) groups is 1. The van der Waals surface area contributed by atoms with Gasteiger partial charge in [-0.05, 0) is 42.7 Å². The van der Waals surface area contributed by atoms with Crippen LogP contribution in [0.25, 0.3) is 0 Å². The average molecular weight is 460 g/mol. The SMILES string of the molecule is CCCCNC(=O)C(c1ccccc1C)C1(c2cccc(OC)c2OC)Nc2ccccc2N1. The molecule has 6 nitrogen and oxygen atoms in total. The van der Waals surface area contributed by atoms with Crippen LogP contribution in [-0.2, 0) is 10.5 Å². The maximum atomic E-state index is 14.0. The first-order valence-corrected chi connectivity index (χ1v) is 11.8. The molecule has 1 atom stereocenters. The molecule has 3 aromatic rings. The van der Waals surface area contributed by atoms with Gasteiger partial charge in [0.1, 0.15) is 5.92 Å². The number of aryl methyl sites for hydroxylation is 1. The molecule has 0 spiro atoms. The molecule has 0 aliphatic carbocycles. The number of hydrogen-bond acceptors (Lipinski definition) is 5. The van der Waals surface area contributed by atoms with Crippen molar-refractivity contribution in [1.82, 2.24) is 5.32 Å². The Morgan fingerprint density at radius 2 is 1.62 bits per heavy atom. The zero-order valence-corrected chi connectivity index (χ0v) is 20.3. The van der Waals surface area contributed by atoms with E-state index >= 15 is 0 Å². The van der Waals surface area contributed by atoms with E-state index in [0.717, 1.165) is 40.9 Å². The molecule has 178 valence electrons. The van der Waals surface area contributed by atoms with Crippen LogP contribution < -0.4 is 25.4 Å². The first kappa shape index (κ1) is 23.5. The number of benzene rings is 3. The molecule has 1 aliphatic rings. The van der Waals surface area contributed by atoms with Crippen molar-refractivity contribution in [2.75, 3.05) is 31.4 Å². The van der Waals surface area contributed by atoms with Gasteiger partial charge in [-0.2, -0.15) is 0 Å². The molecule has 0 fully saturated rings. The van der Waals surface area contributed by atoms with Crippen LogP contribution in [0.2, 0.25) is 0 Å². The van der Waals surface area contributed by atoms with Crippen LogP contribution in [-0.4, -0.2) is 26.7 Å². The predicted octanol–water partition coefficient (Wildman–Crippen LogP) is 5.40. The summed E-state index contributed by atoms with van der Waals surface area (Å²) < 4.78 is 11.5. The molecule has 6 heteroatoms. The second kappa shape index (κ2) is 10.1. The maximum Gasteiger partial charge on any atom is 0.232 e. The summed E-state index contributed by atoms with van der Waals surface area (Å²) in [5, 5.41) is 10.5. The summed E-state index contributed by atoms with van der Waals surface area (Å²) in [7, 11) is 3.25. The summed E-state index contributed by atoms with van der Waals surface area (Å²) in [6.07, 6.45) is 1.93. The summed E-state index contributed by atoms with van der Waals surface area (Å²) in [4.78, 5) is 14.0. The fourth-order valence-corrected chi connectivity index (χ4v) is 4.76. The number of unbranched alkanes of at least 4 members (excludes halogenated alkanes) is 1. The Labute approximate surface area is 201 Å². The average Bonchev–Trinajstić information content (AvgIpc) is 3.25. The van der Waals surface area contributed by atoms with E-state index in [9.17, 15) is 4.79 Å². The normalized spacial score (nSPS) is 14.4. The van der Waals surface area contributed by atoms with Gasteiger partial charge in [0.15, 0.2) is 17.2 Å².